The number of benzene rings is 1. The molecule has 0 aliphatic carbocycles. The molecule has 0 aromatic heterocycles. The average Bonchev–Trinajstić information content (AvgIpc) is 2.27. The van der Waals surface area contributed by atoms with Gasteiger partial charge >= 0.3 is 0 Å². The van der Waals surface area contributed by atoms with Crippen LogP contribution in [0.4, 0.5) is 8.78 Å². The van der Waals surface area contributed by atoms with Crippen LogP contribution in [-0.2, 0) is 6.54 Å². The highest BCUT2D eigenvalue weighted by Gasteiger charge is 2.04. The molecule has 1 aromatic rings. The molecule has 0 heterocycles. The summed E-state index contributed by atoms with van der Waals surface area (Å²) in [6, 6.07) is 3.36. The van der Waals surface area contributed by atoms with Crippen LogP contribution < -0.4 is 10.6 Å². The van der Waals surface area contributed by atoms with Gasteiger partial charge in [0.15, 0.2) is 5.11 Å². The molecule has 94 valence electrons. The van der Waals surface area contributed by atoms with Gasteiger partial charge in [-0.15, -0.1) is 0 Å². The normalized spacial score (nSPS) is 10.4. The first-order chi connectivity index (χ1) is 7.99. The molecule has 0 amide bonds. The van der Waals surface area contributed by atoms with Crippen LogP contribution >= 0.6 is 12.2 Å². The van der Waals surface area contributed by atoms with Gasteiger partial charge in [0.1, 0.15) is 11.6 Å². The number of hydrogen-bond acceptors (Lipinski definition) is 1. The van der Waals surface area contributed by atoms with Crippen molar-refractivity contribution in [2.24, 2.45) is 5.92 Å². The molecule has 0 atom stereocenters. The van der Waals surface area contributed by atoms with E-state index >= 15 is 0 Å². The van der Waals surface area contributed by atoms with Crippen molar-refractivity contribution in [3.63, 3.8) is 0 Å². The second kappa shape index (κ2) is 6.49. The molecule has 17 heavy (non-hydrogen) atoms. The van der Waals surface area contributed by atoms with Gasteiger partial charge < -0.3 is 10.6 Å². The topological polar surface area (TPSA) is 24.1 Å². The second-order valence-electron chi connectivity index (χ2n) is 4.19. The van der Waals surface area contributed by atoms with Gasteiger partial charge in [-0.25, -0.2) is 8.78 Å². The van der Waals surface area contributed by atoms with E-state index in [9.17, 15) is 8.78 Å². The Morgan fingerprint density at radius 1 is 1.29 bits per heavy atom. The van der Waals surface area contributed by atoms with Crippen LogP contribution in [0.3, 0.4) is 0 Å². The van der Waals surface area contributed by atoms with Gasteiger partial charge in [-0.2, -0.15) is 0 Å². The zero-order valence-corrected chi connectivity index (χ0v) is 10.7. The van der Waals surface area contributed by atoms with Gasteiger partial charge in [-0.3, -0.25) is 0 Å². The van der Waals surface area contributed by atoms with E-state index in [1.807, 2.05) is 0 Å². The molecule has 0 saturated carbocycles. The standard InChI is InChI=1S/C12H16F2N2S/c1-8(2)6-15-12(17)16-7-9-5-10(13)3-4-11(9)14/h3-5,8H,6-7H2,1-2H3,(H2,15,16,17). The molecule has 1 aromatic carbocycles. The zero-order valence-electron chi connectivity index (χ0n) is 9.89. The van der Waals surface area contributed by atoms with E-state index in [1.165, 1.54) is 0 Å². The van der Waals surface area contributed by atoms with Crippen molar-refractivity contribution >= 4 is 17.3 Å². The number of nitrogens with one attached hydrogen (secondary N) is 2. The monoisotopic (exact) mass is 258 g/mol. The van der Waals surface area contributed by atoms with E-state index in [0.29, 0.717) is 11.0 Å². The molecule has 0 spiro atoms. The lowest BCUT2D eigenvalue weighted by molar-refractivity contribution is 0.579. The van der Waals surface area contributed by atoms with Crippen molar-refractivity contribution in [3.8, 4) is 0 Å². The average molecular weight is 258 g/mol. The largest absolute Gasteiger partial charge is 0.362 e. The number of hydrogen-bond donors (Lipinski definition) is 2. The first-order valence-electron chi connectivity index (χ1n) is 5.44. The van der Waals surface area contributed by atoms with Crippen LogP contribution in [0.5, 0.6) is 0 Å². The maximum absolute atomic E-state index is 13.3. The number of thiocarbonyl (C=S) groups is 1. The van der Waals surface area contributed by atoms with Crippen LogP contribution in [0.1, 0.15) is 19.4 Å². The van der Waals surface area contributed by atoms with E-state index in [2.05, 4.69) is 24.5 Å². The first kappa shape index (κ1) is 13.8. The molecule has 5 heteroatoms. The molecule has 0 unspecified atom stereocenters. The molecule has 0 radical (unpaired) electrons. The Hall–Kier alpha value is -1.23. The van der Waals surface area contributed by atoms with Crippen LogP contribution in [0.15, 0.2) is 18.2 Å². The molecule has 2 N–H and O–H groups in total. The SMILES string of the molecule is CC(C)CNC(=S)NCc1cc(F)ccc1F. The van der Waals surface area contributed by atoms with Gasteiger partial charge in [0.2, 0.25) is 0 Å². The highest BCUT2D eigenvalue weighted by Crippen LogP contribution is 2.08. The zero-order chi connectivity index (χ0) is 12.8. The summed E-state index contributed by atoms with van der Waals surface area (Å²) in [6.45, 7) is 5.04. The van der Waals surface area contributed by atoms with Crippen molar-refractivity contribution in [3.05, 3.63) is 35.4 Å². The summed E-state index contributed by atoms with van der Waals surface area (Å²) in [4.78, 5) is 0. The minimum atomic E-state index is -0.454. The summed E-state index contributed by atoms with van der Waals surface area (Å²) in [6.07, 6.45) is 0. The Labute approximate surface area is 105 Å². The fourth-order valence-electron chi connectivity index (χ4n) is 1.21. The summed E-state index contributed by atoms with van der Waals surface area (Å²) in [5, 5.41) is 6.27. The van der Waals surface area contributed by atoms with E-state index in [4.69, 9.17) is 12.2 Å². The fraction of sp³-hybridized carbons (Fsp3) is 0.417. The minimum Gasteiger partial charge on any atom is -0.362 e. The lowest BCUT2D eigenvalue weighted by Gasteiger charge is -2.12. The van der Waals surface area contributed by atoms with Crippen molar-refractivity contribution in [2.75, 3.05) is 6.54 Å². The third-order valence-electron chi connectivity index (χ3n) is 2.12. The third-order valence-corrected chi connectivity index (χ3v) is 2.41. The minimum absolute atomic E-state index is 0.174. The van der Waals surface area contributed by atoms with E-state index in [-0.39, 0.29) is 12.1 Å². The predicted molar refractivity (Wildman–Crippen MR) is 68.6 cm³/mol. The Kier molecular flexibility index (Phi) is 5.28. The molecule has 0 bridgehead atoms. The molecule has 0 saturated heterocycles. The Morgan fingerprint density at radius 2 is 2.00 bits per heavy atom. The van der Waals surface area contributed by atoms with Gasteiger partial charge in [0, 0.05) is 18.7 Å². The molecular formula is C12H16F2N2S. The number of rotatable bonds is 4. The van der Waals surface area contributed by atoms with E-state index in [0.717, 1.165) is 24.7 Å². The van der Waals surface area contributed by atoms with Crippen molar-refractivity contribution in [2.45, 2.75) is 20.4 Å². The molecule has 2 nitrogen and oxygen atoms in total. The quantitative estimate of drug-likeness (QED) is 0.812. The van der Waals surface area contributed by atoms with Crippen molar-refractivity contribution in [1.29, 1.82) is 0 Å². The maximum Gasteiger partial charge on any atom is 0.166 e. The van der Waals surface area contributed by atoms with Gasteiger partial charge in [0.25, 0.3) is 0 Å². The second-order valence-corrected chi connectivity index (χ2v) is 4.60. The van der Waals surface area contributed by atoms with Gasteiger partial charge in [-0.1, -0.05) is 13.8 Å². The Bertz CT molecular complexity index is 394. The molecule has 0 aliphatic heterocycles. The summed E-state index contributed by atoms with van der Waals surface area (Å²) in [5.41, 5.74) is 0.263. The lowest BCUT2D eigenvalue weighted by atomic mass is 10.2. The lowest BCUT2D eigenvalue weighted by Crippen LogP contribution is -2.36. The summed E-state index contributed by atoms with van der Waals surface area (Å²) in [7, 11) is 0. The van der Waals surface area contributed by atoms with E-state index < -0.39 is 11.6 Å². The van der Waals surface area contributed by atoms with Crippen LogP contribution in [0, 0.1) is 17.6 Å². The predicted octanol–water partition coefficient (Wildman–Crippen LogP) is 2.58. The highest BCUT2D eigenvalue weighted by molar-refractivity contribution is 7.80. The van der Waals surface area contributed by atoms with Crippen LogP contribution in [0.2, 0.25) is 0 Å². The third kappa shape index (κ3) is 5.08. The fourth-order valence-corrected chi connectivity index (χ4v) is 1.37. The van der Waals surface area contributed by atoms with Gasteiger partial charge in [0.05, 0.1) is 0 Å². The van der Waals surface area contributed by atoms with Crippen LogP contribution in [0.25, 0.3) is 0 Å². The van der Waals surface area contributed by atoms with Crippen molar-refractivity contribution < 1.29 is 8.78 Å². The summed E-state index contributed by atoms with van der Waals surface area (Å²) in [5.74, 6) is -0.421. The van der Waals surface area contributed by atoms with Crippen molar-refractivity contribution in [1.82, 2.24) is 10.6 Å². The first-order valence-corrected chi connectivity index (χ1v) is 5.85. The molecule has 0 aliphatic rings. The molecule has 1 rings (SSSR count). The Morgan fingerprint density at radius 3 is 2.65 bits per heavy atom. The number of halogens is 2. The summed E-state index contributed by atoms with van der Waals surface area (Å²) < 4.78 is 26.1. The summed E-state index contributed by atoms with van der Waals surface area (Å²) >= 11 is 5.01. The van der Waals surface area contributed by atoms with E-state index in [1.54, 1.807) is 0 Å². The molecule has 0 fully saturated rings. The maximum atomic E-state index is 13.3. The van der Waals surface area contributed by atoms with Gasteiger partial charge in [-0.05, 0) is 36.3 Å². The smallest absolute Gasteiger partial charge is 0.166 e. The highest BCUT2D eigenvalue weighted by atomic mass is 32.1. The molecular weight excluding hydrogens is 242 g/mol. The Balaban J connectivity index is 2.44. The van der Waals surface area contributed by atoms with Crippen LogP contribution in [-0.4, -0.2) is 11.7 Å².